The highest BCUT2D eigenvalue weighted by atomic mass is 19.2. The van der Waals surface area contributed by atoms with E-state index in [1.807, 2.05) is 12.1 Å². The maximum atomic E-state index is 14.6. The summed E-state index contributed by atoms with van der Waals surface area (Å²) in [5, 5.41) is 0. The smallest absolute Gasteiger partial charge is 0.201 e. The highest BCUT2D eigenvalue weighted by Gasteiger charge is 2.20. The Morgan fingerprint density at radius 2 is 1.59 bits per heavy atom. The molecule has 1 saturated carbocycles. The SMILES string of the molecule is CCCCCOc1ccc(-c2ccc(C3CCC(C)CC3)cc2)c(F)c1F. The Bertz CT molecular complexity index is 731. The summed E-state index contributed by atoms with van der Waals surface area (Å²) >= 11 is 0. The van der Waals surface area contributed by atoms with Crippen LogP contribution in [-0.2, 0) is 0 Å². The quantitative estimate of drug-likeness (QED) is 0.457. The van der Waals surface area contributed by atoms with Crippen molar-refractivity contribution < 1.29 is 13.5 Å². The fraction of sp³-hybridized carbons (Fsp3) is 0.500. The van der Waals surface area contributed by atoms with Crippen LogP contribution in [0.15, 0.2) is 36.4 Å². The number of benzene rings is 2. The molecule has 1 nitrogen and oxygen atoms in total. The van der Waals surface area contributed by atoms with Crippen LogP contribution in [0.5, 0.6) is 5.75 Å². The van der Waals surface area contributed by atoms with Crippen molar-refractivity contribution in [3.05, 3.63) is 53.6 Å². The Labute approximate surface area is 161 Å². The van der Waals surface area contributed by atoms with E-state index in [4.69, 9.17) is 4.74 Å². The van der Waals surface area contributed by atoms with E-state index >= 15 is 0 Å². The molecule has 0 saturated heterocycles. The molecule has 3 rings (SSSR count). The molecule has 2 aromatic rings. The summed E-state index contributed by atoms with van der Waals surface area (Å²) in [6.45, 7) is 4.82. The molecule has 0 amide bonds. The van der Waals surface area contributed by atoms with Crippen LogP contribution in [0.1, 0.15) is 70.3 Å². The van der Waals surface area contributed by atoms with Gasteiger partial charge in [0.05, 0.1) is 6.61 Å². The van der Waals surface area contributed by atoms with Crippen molar-refractivity contribution in [3.8, 4) is 16.9 Å². The maximum Gasteiger partial charge on any atom is 0.201 e. The van der Waals surface area contributed by atoms with Gasteiger partial charge in [-0.3, -0.25) is 0 Å². The summed E-state index contributed by atoms with van der Waals surface area (Å²) in [6, 6.07) is 11.1. The van der Waals surface area contributed by atoms with Crippen LogP contribution in [0.3, 0.4) is 0 Å². The Morgan fingerprint density at radius 3 is 2.26 bits per heavy atom. The zero-order valence-electron chi connectivity index (χ0n) is 16.4. The largest absolute Gasteiger partial charge is 0.490 e. The minimum absolute atomic E-state index is 0.000277. The summed E-state index contributed by atoms with van der Waals surface area (Å²) in [5.41, 5.74) is 2.30. The highest BCUT2D eigenvalue weighted by Crippen LogP contribution is 2.37. The van der Waals surface area contributed by atoms with E-state index in [0.717, 1.165) is 25.2 Å². The lowest BCUT2D eigenvalue weighted by atomic mass is 9.79. The topological polar surface area (TPSA) is 9.23 Å². The fourth-order valence-electron chi connectivity index (χ4n) is 3.93. The zero-order valence-corrected chi connectivity index (χ0v) is 16.4. The van der Waals surface area contributed by atoms with Gasteiger partial charge in [-0.15, -0.1) is 0 Å². The van der Waals surface area contributed by atoms with Crippen molar-refractivity contribution >= 4 is 0 Å². The number of hydrogen-bond donors (Lipinski definition) is 0. The first-order valence-corrected chi connectivity index (χ1v) is 10.3. The minimum Gasteiger partial charge on any atom is -0.490 e. The number of unbranched alkanes of at least 4 members (excludes halogenated alkanes) is 2. The van der Waals surface area contributed by atoms with E-state index in [9.17, 15) is 8.78 Å². The summed E-state index contributed by atoms with van der Waals surface area (Å²) in [5.74, 6) is -0.312. The molecule has 0 bridgehead atoms. The lowest BCUT2D eigenvalue weighted by molar-refractivity contribution is 0.286. The molecule has 0 heterocycles. The predicted molar refractivity (Wildman–Crippen MR) is 107 cm³/mol. The summed E-state index contributed by atoms with van der Waals surface area (Å²) in [6.07, 6.45) is 7.91. The molecule has 2 aromatic carbocycles. The van der Waals surface area contributed by atoms with Crippen LogP contribution >= 0.6 is 0 Å². The molecule has 27 heavy (non-hydrogen) atoms. The molecule has 0 N–H and O–H groups in total. The molecular formula is C24H30F2O. The predicted octanol–water partition coefficient (Wildman–Crippen LogP) is 7.49. The van der Waals surface area contributed by atoms with Crippen molar-refractivity contribution in [1.82, 2.24) is 0 Å². The first-order chi connectivity index (χ1) is 13.1. The zero-order chi connectivity index (χ0) is 19.2. The van der Waals surface area contributed by atoms with Gasteiger partial charge in [-0.2, -0.15) is 4.39 Å². The molecule has 1 fully saturated rings. The lowest BCUT2D eigenvalue weighted by Crippen LogP contribution is -2.10. The van der Waals surface area contributed by atoms with Crippen LogP contribution < -0.4 is 4.74 Å². The van der Waals surface area contributed by atoms with Crippen molar-refractivity contribution in [2.75, 3.05) is 6.61 Å². The molecule has 0 aromatic heterocycles. The van der Waals surface area contributed by atoms with E-state index in [1.165, 1.54) is 37.3 Å². The molecule has 1 aliphatic rings. The fourth-order valence-corrected chi connectivity index (χ4v) is 3.93. The third kappa shape index (κ3) is 4.88. The number of halogens is 2. The molecule has 3 heteroatoms. The number of ether oxygens (including phenoxy) is 1. The van der Waals surface area contributed by atoms with E-state index in [0.29, 0.717) is 18.1 Å². The van der Waals surface area contributed by atoms with E-state index in [2.05, 4.69) is 26.0 Å². The monoisotopic (exact) mass is 372 g/mol. The third-order valence-corrected chi connectivity index (χ3v) is 5.76. The van der Waals surface area contributed by atoms with Gasteiger partial charge in [0.25, 0.3) is 0 Å². The second-order valence-electron chi connectivity index (χ2n) is 7.87. The summed E-state index contributed by atoms with van der Waals surface area (Å²) in [4.78, 5) is 0. The Kier molecular flexibility index (Phi) is 6.87. The number of rotatable bonds is 7. The van der Waals surface area contributed by atoms with Gasteiger partial charge in [-0.1, -0.05) is 63.8 Å². The molecular weight excluding hydrogens is 342 g/mol. The molecule has 146 valence electrons. The lowest BCUT2D eigenvalue weighted by Gasteiger charge is -2.26. The molecule has 0 unspecified atom stereocenters. The second-order valence-corrected chi connectivity index (χ2v) is 7.87. The maximum absolute atomic E-state index is 14.6. The van der Waals surface area contributed by atoms with Crippen molar-refractivity contribution in [3.63, 3.8) is 0 Å². The van der Waals surface area contributed by atoms with Gasteiger partial charge >= 0.3 is 0 Å². The second kappa shape index (κ2) is 9.34. The molecule has 1 aliphatic carbocycles. The van der Waals surface area contributed by atoms with Crippen molar-refractivity contribution in [2.45, 2.75) is 64.7 Å². The van der Waals surface area contributed by atoms with E-state index in [-0.39, 0.29) is 11.3 Å². The van der Waals surface area contributed by atoms with Crippen LogP contribution in [0.25, 0.3) is 11.1 Å². The van der Waals surface area contributed by atoms with Crippen molar-refractivity contribution in [1.29, 1.82) is 0 Å². The highest BCUT2D eigenvalue weighted by molar-refractivity contribution is 5.65. The van der Waals surface area contributed by atoms with Crippen LogP contribution in [0.4, 0.5) is 8.78 Å². The Morgan fingerprint density at radius 1 is 0.889 bits per heavy atom. The standard InChI is InChI=1S/C24H30F2O/c1-3-4-5-16-27-22-15-14-21(23(25)24(22)26)20-12-10-19(11-13-20)18-8-6-17(2)7-9-18/h10-15,17-18H,3-9,16H2,1-2H3. The van der Waals surface area contributed by atoms with Gasteiger partial charge in [-0.25, -0.2) is 4.39 Å². The van der Waals surface area contributed by atoms with Gasteiger partial charge < -0.3 is 4.74 Å². The first kappa shape index (κ1) is 19.9. The van der Waals surface area contributed by atoms with Crippen LogP contribution in [0, 0.1) is 17.6 Å². The van der Waals surface area contributed by atoms with Gasteiger partial charge in [0.1, 0.15) is 0 Å². The third-order valence-electron chi connectivity index (χ3n) is 5.76. The number of hydrogen-bond acceptors (Lipinski definition) is 1. The van der Waals surface area contributed by atoms with Crippen LogP contribution in [-0.4, -0.2) is 6.61 Å². The summed E-state index contributed by atoms with van der Waals surface area (Å²) < 4.78 is 34.3. The van der Waals surface area contributed by atoms with E-state index < -0.39 is 11.6 Å². The first-order valence-electron chi connectivity index (χ1n) is 10.3. The van der Waals surface area contributed by atoms with E-state index in [1.54, 1.807) is 6.07 Å². The molecule has 0 aliphatic heterocycles. The van der Waals surface area contributed by atoms with Gasteiger partial charge in [0.15, 0.2) is 11.6 Å². The Hall–Kier alpha value is -1.90. The van der Waals surface area contributed by atoms with Crippen LogP contribution in [0.2, 0.25) is 0 Å². The average molecular weight is 372 g/mol. The molecule has 0 atom stereocenters. The van der Waals surface area contributed by atoms with Gasteiger partial charge in [0.2, 0.25) is 5.82 Å². The normalized spacial score (nSPS) is 19.9. The minimum atomic E-state index is -0.894. The van der Waals surface area contributed by atoms with Gasteiger partial charge in [0, 0.05) is 5.56 Å². The molecule has 0 radical (unpaired) electrons. The Balaban J connectivity index is 1.71. The molecule has 0 spiro atoms. The van der Waals surface area contributed by atoms with Gasteiger partial charge in [-0.05, 0) is 54.4 Å². The average Bonchev–Trinajstić information content (AvgIpc) is 2.69. The summed E-state index contributed by atoms with van der Waals surface area (Å²) in [7, 11) is 0. The van der Waals surface area contributed by atoms with Crippen molar-refractivity contribution in [2.24, 2.45) is 5.92 Å².